The highest BCUT2D eigenvalue weighted by molar-refractivity contribution is 9.10. The summed E-state index contributed by atoms with van der Waals surface area (Å²) < 4.78 is 2.84. The van der Waals surface area contributed by atoms with Crippen molar-refractivity contribution >= 4 is 15.9 Å². The minimum absolute atomic E-state index is 0.0294. The number of aryl methyl sites for hydroxylation is 1. The van der Waals surface area contributed by atoms with Gasteiger partial charge in [-0.25, -0.2) is 0 Å². The number of pyridine rings is 1. The summed E-state index contributed by atoms with van der Waals surface area (Å²) in [4.78, 5) is 12.5. The van der Waals surface area contributed by atoms with Gasteiger partial charge in [0.15, 0.2) is 0 Å². The highest BCUT2D eigenvalue weighted by Crippen LogP contribution is 2.21. The van der Waals surface area contributed by atoms with Gasteiger partial charge in [-0.1, -0.05) is 58.4 Å². The SMILES string of the molecule is Cc1cc(-c2ccc(Br)cc2)cc(=O)n1Cc1ccccc1. The van der Waals surface area contributed by atoms with Gasteiger partial charge in [0, 0.05) is 16.2 Å². The molecule has 3 rings (SSSR count). The molecule has 2 aromatic carbocycles. The third kappa shape index (κ3) is 3.20. The molecule has 0 saturated heterocycles. The van der Waals surface area contributed by atoms with E-state index in [0.717, 1.165) is 26.9 Å². The third-order valence-electron chi connectivity index (χ3n) is 3.70. The van der Waals surface area contributed by atoms with Crippen molar-refractivity contribution in [3.05, 3.63) is 92.8 Å². The number of hydrogen-bond donors (Lipinski definition) is 0. The molecule has 0 aliphatic heterocycles. The van der Waals surface area contributed by atoms with Crippen LogP contribution in [0.15, 0.2) is 76.0 Å². The minimum Gasteiger partial charge on any atom is -0.308 e. The van der Waals surface area contributed by atoms with Crippen LogP contribution in [0, 0.1) is 6.92 Å². The first-order chi connectivity index (χ1) is 10.6. The van der Waals surface area contributed by atoms with E-state index in [4.69, 9.17) is 0 Å². The topological polar surface area (TPSA) is 22.0 Å². The molecule has 2 nitrogen and oxygen atoms in total. The van der Waals surface area contributed by atoms with Gasteiger partial charge in [-0.2, -0.15) is 0 Å². The van der Waals surface area contributed by atoms with Crippen LogP contribution in [0.4, 0.5) is 0 Å². The van der Waals surface area contributed by atoms with E-state index < -0.39 is 0 Å². The van der Waals surface area contributed by atoms with Crippen LogP contribution in [0.3, 0.4) is 0 Å². The monoisotopic (exact) mass is 353 g/mol. The van der Waals surface area contributed by atoms with E-state index in [-0.39, 0.29) is 5.56 Å². The van der Waals surface area contributed by atoms with Gasteiger partial charge in [-0.3, -0.25) is 4.79 Å². The predicted octanol–water partition coefficient (Wildman–Crippen LogP) is 4.63. The second-order valence-corrected chi connectivity index (χ2v) is 6.22. The lowest BCUT2D eigenvalue weighted by Gasteiger charge is -2.12. The molecule has 0 N–H and O–H groups in total. The zero-order valence-electron chi connectivity index (χ0n) is 12.3. The van der Waals surface area contributed by atoms with Crippen molar-refractivity contribution < 1.29 is 0 Å². The van der Waals surface area contributed by atoms with Crippen LogP contribution >= 0.6 is 15.9 Å². The van der Waals surface area contributed by atoms with Crippen molar-refractivity contribution in [2.24, 2.45) is 0 Å². The lowest BCUT2D eigenvalue weighted by atomic mass is 10.1. The second kappa shape index (κ2) is 6.32. The van der Waals surface area contributed by atoms with E-state index in [2.05, 4.69) is 22.0 Å². The molecule has 0 atom stereocenters. The quantitative estimate of drug-likeness (QED) is 0.672. The fraction of sp³-hybridized carbons (Fsp3) is 0.105. The summed E-state index contributed by atoms with van der Waals surface area (Å²) in [5, 5.41) is 0. The summed E-state index contributed by atoms with van der Waals surface area (Å²) in [5.41, 5.74) is 4.13. The molecular weight excluding hydrogens is 338 g/mol. The molecule has 110 valence electrons. The lowest BCUT2D eigenvalue weighted by Crippen LogP contribution is -2.22. The Kier molecular flexibility index (Phi) is 4.25. The van der Waals surface area contributed by atoms with Gasteiger partial charge >= 0.3 is 0 Å². The van der Waals surface area contributed by atoms with Crippen molar-refractivity contribution in [1.82, 2.24) is 4.57 Å². The Labute approximate surface area is 138 Å². The van der Waals surface area contributed by atoms with Crippen molar-refractivity contribution in [3.63, 3.8) is 0 Å². The molecule has 0 aliphatic carbocycles. The molecule has 0 radical (unpaired) electrons. The first kappa shape index (κ1) is 14.8. The van der Waals surface area contributed by atoms with Gasteiger partial charge in [0.05, 0.1) is 6.54 Å². The average molecular weight is 354 g/mol. The number of hydrogen-bond acceptors (Lipinski definition) is 1. The Bertz CT molecular complexity index is 836. The summed E-state index contributed by atoms with van der Waals surface area (Å²) in [6, 6.07) is 21.8. The molecule has 3 aromatic rings. The molecule has 0 spiro atoms. The number of benzene rings is 2. The molecule has 0 bridgehead atoms. The molecule has 0 fully saturated rings. The van der Waals surface area contributed by atoms with Gasteiger partial charge in [-0.05, 0) is 41.8 Å². The van der Waals surface area contributed by atoms with Gasteiger partial charge in [0.1, 0.15) is 0 Å². The van der Waals surface area contributed by atoms with Gasteiger partial charge in [0.25, 0.3) is 5.56 Å². The van der Waals surface area contributed by atoms with Crippen LogP contribution in [-0.4, -0.2) is 4.57 Å². The van der Waals surface area contributed by atoms with Crippen molar-refractivity contribution in [1.29, 1.82) is 0 Å². The maximum absolute atomic E-state index is 12.5. The van der Waals surface area contributed by atoms with E-state index >= 15 is 0 Å². The van der Waals surface area contributed by atoms with Crippen LogP contribution < -0.4 is 5.56 Å². The van der Waals surface area contributed by atoms with E-state index in [1.807, 2.05) is 61.5 Å². The lowest BCUT2D eigenvalue weighted by molar-refractivity contribution is 0.731. The summed E-state index contributed by atoms with van der Waals surface area (Å²) >= 11 is 3.43. The zero-order valence-corrected chi connectivity index (χ0v) is 13.9. The molecule has 22 heavy (non-hydrogen) atoms. The van der Waals surface area contributed by atoms with Gasteiger partial charge in [-0.15, -0.1) is 0 Å². The fourth-order valence-corrected chi connectivity index (χ4v) is 2.77. The number of aromatic nitrogens is 1. The van der Waals surface area contributed by atoms with E-state index in [9.17, 15) is 4.79 Å². The highest BCUT2D eigenvalue weighted by Gasteiger charge is 2.06. The normalized spacial score (nSPS) is 10.6. The second-order valence-electron chi connectivity index (χ2n) is 5.30. The Balaban J connectivity index is 1.98. The summed E-state index contributed by atoms with van der Waals surface area (Å²) in [6.07, 6.45) is 0. The molecule has 3 heteroatoms. The van der Waals surface area contributed by atoms with Crippen LogP contribution in [0.2, 0.25) is 0 Å². The van der Waals surface area contributed by atoms with Gasteiger partial charge in [0.2, 0.25) is 0 Å². The molecule has 0 saturated carbocycles. The third-order valence-corrected chi connectivity index (χ3v) is 4.22. The molecule has 1 heterocycles. The number of nitrogens with zero attached hydrogens (tertiary/aromatic N) is 1. The Morgan fingerprint density at radius 1 is 0.909 bits per heavy atom. The number of halogens is 1. The largest absolute Gasteiger partial charge is 0.308 e. The van der Waals surface area contributed by atoms with Crippen molar-refractivity contribution in [2.75, 3.05) is 0 Å². The Morgan fingerprint density at radius 2 is 1.59 bits per heavy atom. The maximum atomic E-state index is 12.5. The molecule has 0 aliphatic rings. The molecule has 1 aromatic heterocycles. The molecular formula is C19H16BrNO. The summed E-state index contributed by atoms with van der Waals surface area (Å²) in [5.74, 6) is 0. The summed E-state index contributed by atoms with van der Waals surface area (Å²) in [6.45, 7) is 2.58. The molecule has 0 unspecified atom stereocenters. The summed E-state index contributed by atoms with van der Waals surface area (Å²) in [7, 11) is 0. The van der Waals surface area contributed by atoms with Crippen LogP contribution in [0.5, 0.6) is 0 Å². The van der Waals surface area contributed by atoms with Crippen LogP contribution in [-0.2, 0) is 6.54 Å². The van der Waals surface area contributed by atoms with Crippen LogP contribution in [0.1, 0.15) is 11.3 Å². The van der Waals surface area contributed by atoms with E-state index in [1.54, 1.807) is 10.6 Å². The number of rotatable bonds is 3. The average Bonchev–Trinajstić information content (AvgIpc) is 2.52. The van der Waals surface area contributed by atoms with E-state index in [1.165, 1.54) is 0 Å². The van der Waals surface area contributed by atoms with Crippen molar-refractivity contribution in [3.8, 4) is 11.1 Å². The van der Waals surface area contributed by atoms with Crippen LogP contribution in [0.25, 0.3) is 11.1 Å². The first-order valence-corrected chi connectivity index (χ1v) is 7.94. The predicted molar refractivity (Wildman–Crippen MR) is 94.1 cm³/mol. The highest BCUT2D eigenvalue weighted by atomic mass is 79.9. The Morgan fingerprint density at radius 3 is 2.23 bits per heavy atom. The minimum atomic E-state index is 0.0294. The van der Waals surface area contributed by atoms with E-state index in [0.29, 0.717) is 6.54 Å². The zero-order chi connectivity index (χ0) is 15.5. The van der Waals surface area contributed by atoms with Gasteiger partial charge < -0.3 is 4.57 Å². The molecule has 0 amide bonds. The maximum Gasteiger partial charge on any atom is 0.251 e. The first-order valence-electron chi connectivity index (χ1n) is 7.15. The Hall–Kier alpha value is -2.13. The van der Waals surface area contributed by atoms with Crippen molar-refractivity contribution in [2.45, 2.75) is 13.5 Å². The standard InChI is InChI=1S/C19H16BrNO/c1-14-11-17(16-7-9-18(20)10-8-16)12-19(22)21(14)13-15-5-3-2-4-6-15/h2-12H,13H2,1H3. The smallest absolute Gasteiger partial charge is 0.251 e. The fourth-order valence-electron chi connectivity index (χ4n) is 2.51.